The van der Waals surface area contributed by atoms with Crippen LogP contribution >= 0.6 is 0 Å². The van der Waals surface area contributed by atoms with Gasteiger partial charge in [0.2, 0.25) is 0 Å². The van der Waals surface area contributed by atoms with Gasteiger partial charge in [0.05, 0.1) is 18.9 Å². The lowest BCUT2D eigenvalue weighted by atomic mass is 10.1. The van der Waals surface area contributed by atoms with Gasteiger partial charge in [-0.05, 0) is 57.5 Å². The van der Waals surface area contributed by atoms with Crippen LogP contribution < -0.4 is 9.47 Å². The van der Waals surface area contributed by atoms with E-state index in [0.717, 1.165) is 48.0 Å². The second-order valence-corrected chi connectivity index (χ2v) is 6.61. The van der Waals surface area contributed by atoms with Gasteiger partial charge in [0.25, 0.3) is 0 Å². The van der Waals surface area contributed by atoms with Crippen molar-refractivity contribution >= 4 is 5.71 Å². The van der Waals surface area contributed by atoms with Crippen LogP contribution in [0.25, 0.3) is 0 Å². The van der Waals surface area contributed by atoms with Crippen molar-refractivity contribution in [2.75, 3.05) is 53.2 Å². The number of hydrogen-bond donors (Lipinski definition) is 0. The van der Waals surface area contributed by atoms with E-state index >= 15 is 0 Å². The van der Waals surface area contributed by atoms with Crippen molar-refractivity contribution in [3.05, 3.63) is 35.4 Å². The Kier molecular flexibility index (Phi) is 12.0. The van der Waals surface area contributed by atoms with Gasteiger partial charge in [-0.1, -0.05) is 24.2 Å². The maximum Gasteiger partial charge on any atom is 0.125 e. The fraction of sp³-hybridized carbons (Fsp3) is 0.591. The number of aryl methyl sites for hydroxylation is 2. The maximum absolute atomic E-state index is 6.07. The van der Waals surface area contributed by atoms with Gasteiger partial charge in [-0.3, -0.25) is 4.90 Å². The zero-order chi connectivity index (χ0) is 20.8. The lowest BCUT2D eigenvalue weighted by Crippen LogP contribution is -2.32. The maximum atomic E-state index is 6.07. The molecule has 0 bridgehead atoms. The molecular weight excluding hydrogens is 356 g/mol. The highest BCUT2D eigenvalue weighted by atomic mass is 16.6. The summed E-state index contributed by atoms with van der Waals surface area (Å²) in [4.78, 5) is 7.03. The first-order chi connectivity index (χ1) is 13.5. The number of oxime groups is 1. The van der Waals surface area contributed by atoms with Crippen LogP contribution in [0.5, 0.6) is 11.5 Å². The molecular formula is C22H36N2O4. The molecule has 0 aliphatic heterocycles. The average molecular weight is 393 g/mol. The molecule has 0 fully saturated rings. The van der Waals surface area contributed by atoms with Crippen LogP contribution in [0, 0.1) is 13.8 Å². The minimum atomic E-state index is 0.489. The first-order valence-corrected chi connectivity index (χ1v) is 9.86. The molecule has 1 aromatic carbocycles. The van der Waals surface area contributed by atoms with E-state index in [0.29, 0.717) is 26.4 Å². The summed E-state index contributed by atoms with van der Waals surface area (Å²) >= 11 is 0. The summed E-state index contributed by atoms with van der Waals surface area (Å²) in [7, 11) is 1.54. The van der Waals surface area contributed by atoms with Crippen LogP contribution in [-0.4, -0.2) is 63.8 Å². The monoisotopic (exact) mass is 392 g/mol. The number of likely N-dealkylation sites (N-methyl/N-ethyl adjacent to an activating group) is 1. The van der Waals surface area contributed by atoms with Crippen LogP contribution in [0.4, 0.5) is 0 Å². The SMILES string of the molecule is C/C=C/COc1cc(C)c(OCCN(CC)CCOC/C(C)=N/OC)c(C)c1. The van der Waals surface area contributed by atoms with E-state index in [1.165, 1.54) is 7.11 Å². The van der Waals surface area contributed by atoms with E-state index in [-0.39, 0.29) is 0 Å². The Hall–Kier alpha value is -2.05. The molecule has 0 amide bonds. The van der Waals surface area contributed by atoms with E-state index < -0.39 is 0 Å². The van der Waals surface area contributed by atoms with E-state index in [2.05, 4.69) is 30.8 Å². The summed E-state index contributed by atoms with van der Waals surface area (Å²) in [5.41, 5.74) is 3.02. The summed E-state index contributed by atoms with van der Waals surface area (Å²) in [6.45, 7) is 15.1. The van der Waals surface area contributed by atoms with Crippen molar-refractivity contribution in [3.8, 4) is 11.5 Å². The molecule has 0 saturated heterocycles. The highest BCUT2D eigenvalue weighted by Crippen LogP contribution is 2.28. The molecule has 0 aromatic heterocycles. The van der Waals surface area contributed by atoms with Gasteiger partial charge in [-0.25, -0.2) is 0 Å². The zero-order valence-electron chi connectivity index (χ0n) is 18.3. The summed E-state index contributed by atoms with van der Waals surface area (Å²) in [6, 6.07) is 4.06. The highest BCUT2D eigenvalue weighted by molar-refractivity contribution is 5.82. The average Bonchev–Trinajstić information content (AvgIpc) is 2.66. The van der Waals surface area contributed by atoms with Crippen LogP contribution in [0.2, 0.25) is 0 Å². The Morgan fingerprint density at radius 2 is 1.79 bits per heavy atom. The molecule has 6 heteroatoms. The number of allylic oxidation sites excluding steroid dienone is 1. The van der Waals surface area contributed by atoms with Crippen molar-refractivity contribution < 1.29 is 19.0 Å². The number of ether oxygens (including phenoxy) is 3. The van der Waals surface area contributed by atoms with Crippen molar-refractivity contribution in [1.82, 2.24) is 4.90 Å². The molecule has 0 radical (unpaired) electrons. The Bertz CT molecular complexity index is 606. The molecule has 6 nitrogen and oxygen atoms in total. The topological polar surface area (TPSA) is 52.5 Å². The first kappa shape index (κ1) is 24.0. The number of benzene rings is 1. The lowest BCUT2D eigenvalue weighted by molar-refractivity contribution is 0.120. The van der Waals surface area contributed by atoms with E-state index in [1.54, 1.807) is 0 Å². The van der Waals surface area contributed by atoms with Gasteiger partial charge in [0.1, 0.15) is 31.8 Å². The molecule has 0 unspecified atom stereocenters. The number of hydrogen-bond acceptors (Lipinski definition) is 6. The van der Waals surface area contributed by atoms with Gasteiger partial charge >= 0.3 is 0 Å². The zero-order valence-corrected chi connectivity index (χ0v) is 18.3. The van der Waals surface area contributed by atoms with Crippen LogP contribution in [-0.2, 0) is 9.57 Å². The third-order valence-electron chi connectivity index (χ3n) is 4.23. The van der Waals surface area contributed by atoms with E-state index in [4.69, 9.17) is 19.0 Å². The van der Waals surface area contributed by atoms with Crippen LogP contribution in [0.1, 0.15) is 31.9 Å². The van der Waals surface area contributed by atoms with Crippen molar-refractivity contribution in [1.29, 1.82) is 0 Å². The molecule has 1 aromatic rings. The van der Waals surface area contributed by atoms with E-state index in [1.807, 2.05) is 38.1 Å². The van der Waals surface area contributed by atoms with Gasteiger partial charge in [-0.2, -0.15) is 0 Å². The second kappa shape index (κ2) is 14.0. The molecule has 0 saturated carbocycles. The third kappa shape index (κ3) is 9.24. The predicted octanol–water partition coefficient (Wildman–Crippen LogP) is 4.00. The minimum Gasteiger partial charge on any atom is -0.492 e. The molecule has 158 valence electrons. The minimum absolute atomic E-state index is 0.489. The standard InChI is InChI=1S/C22H36N2O4/c1-7-9-12-27-21-15-18(3)22(19(4)16-21)28-14-11-24(8-2)10-13-26-17-20(5)23-25-6/h7,9,15-16H,8,10-14,17H2,1-6H3/b9-7+,23-20+. The Morgan fingerprint density at radius 3 is 2.39 bits per heavy atom. The first-order valence-electron chi connectivity index (χ1n) is 9.86. The Labute approximate surface area is 170 Å². The fourth-order valence-corrected chi connectivity index (χ4v) is 2.76. The van der Waals surface area contributed by atoms with Gasteiger partial charge in [0.15, 0.2) is 0 Å². The van der Waals surface area contributed by atoms with Gasteiger partial charge < -0.3 is 19.0 Å². The molecule has 28 heavy (non-hydrogen) atoms. The van der Waals surface area contributed by atoms with Gasteiger partial charge in [-0.15, -0.1) is 0 Å². The molecule has 0 atom stereocenters. The van der Waals surface area contributed by atoms with Crippen LogP contribution in [0.15, 0.2) is 29.4 Å². The highest BCUT2D eigenvalue weighted by Gasteiger charge is 2.09. The summed E-state index contributed by atoms with van der Waals surface area (Å²) in [5, 5.41) is 3.83. The normalized spacial score (nSPS) is 12.0. The lowest BCUT2D eigenvalue weighted by Gasteiger charge is -2.21. The molecule has 1 rings (SSSR count). The number of nitrogens with zero attached hydrogens (tertiary/aromatic N) is 2. The second-order valence-electron chi connectivity index (χ2n) is 6.61. The third-order valence-corrected chi connectivity index (χ3v) is 4.23. The summed E-state index contributed by atoms with van der Waals surface area (Å²) in [6.07, 6.45) is 3.97. The number of rotatable bonds is 14. The predicted molar refractivity (Wildman–Crippen MR) is 115 cm³/mol. The fourth-order valence-electron chi connectivity index (χ4n) is 2.76. The molecule has 0 N–H and O–H groups in total. The largest absolute Gasteiger partial charge is 0.492 e. The molecule has 0 heterocycles. The Balaban J connectivity index is 2.42. The summed E-state index contributed by atoms with van der Waals surface area (Å²) < 4.78 is 17.4. The Morgan fingerprint density at radius 1 is 1.11 bits per heavy atom. The molecule has 0 spiro atoms. The van der Waals surface area contributed by atoms with Crippen LogP contribution in [0.3, 0.4) is 0 Å². The van der Waals surface area contributed by atoms with Gasteiger partial charge in [0, 0.05) is 13.1 Å². The molecule has 0 aliphatic carbocycles. The van der Waals surface area contributed by atoms with Crippen molar-refractivity contribution in [2.24, 2.45) is 5.16 Å². The molecule has 0 aliphatic rings. The van der Waals surface area contributed by atoms with Crippen molar-refractivity contribution in [2.45, 2.75) is 34.6 Å². The van der Waals surface area contributed by atoms with E-state index in [9.17, 15) is 0 Å². The smallest absolute Gasteiger partial charge is 0.125 e. The van der Waals surface area contributed by atoms with Crippen molar-refractivity contribution in [3.63, 3.8) is 0 Å². The quantitative estimate of drug-likeness (QED) is 0.207. The summed E-state index contributed by atoms with van der Waals surface area (Å²) in [5.74, 6) is 1.82.